The topological polar surface area (TPSA) is 162 Å². The fourth-order valence-electron chi connectivity index (χ4n) is 1.39. The van der Waals surface area contributed by atoms with Crippen LogP contribution in [0.4, 0.5) is 9.59 Å². The first-order valence-electron chi connectivity index (χ1n) is 5.76. The smallest absolute Gasteiger partial charge is 0.326 e. The average molecular weight is 284 g/mol. The number of urea groups is 2. The molecule has 0 saturated heterocycles. The third kappa shape index (κ3) is 5.71. The fourth-order valence-corrected chi connectivity index (χ4v) is 1.39. The number of carbonyl (C=O) groups excluding carboxylic acids is 2. The van der Waals surface area contributed by atoms with E-state index in [1.807, 2.05) is 0 Å². The van der Waals surface area contributed by atoms with Crippen LogP contribution in [0.25, 0.3) is 0 Å². The molecule has 0 bridgehead atoms. The van der Waals surface area contributed by atoms with Gasteiger partial charge in [0, 0.05) is 31.4 Å². The van der Waals surface area contributed by atoms with Crippen molar-refractivity contribution in [2.45, 2.75) is 12.5 Å². The summed E-state index contributed by atoms with van der Waals surface area (Å²) in [5.41, 5.74) is 5.43. The first kappa shape index (κ1) is 15.3. The Morgan fingerprint density at radius 3 is 2.60 bits per heavy atom. The van der Waals surface area contributed by atoms with Crippen molar-refractivity contribution in [1.29, 1.82) is 0 Å². The van der Waals surface area contributed by atoms with Gasteiger partial charge in [0.25, 0.3) is 0 Å². The number of hydrogen-bond donors (Lipinski definition) is 6. The van der Waals surface area contributed by atoms with Gasteiger partial charge in [-0.15, -0.1) is 0 Å². The number of rotatable bonds is 7. The Morgan fingerprint density at radius 2 is 2.05 bits per heavy atom. The Hall–Kier alpha value is -2.78. The molecule has 4 amide bonds. The highest BCUT2D eigenvalue weighted by Gasteiger charge is 2.20. The van der Waals surface area contributed by atoms with Crippen LogP contribution in [0, 0.1) is 0 Å². The van der Waals surface area contributed by atoms with Crippen molar-refractivity contribution < 1.29 is 19.5 Å². The summed E-state index contributed by atoms with van der Waals surface area (Å²) in [4.78, 5) is 39.4. The van der Waals surface area contributed by atoms with Crippen molar-refractivity contribution >= 4 is 18.0 Å². The zero-order chi connectivity index (χ0) is 15.0. The molecule has 0 spiro atoms. The molecule has 0 fully saturated rings. The summed E-state index contributed by atoms with van der Waals surface area (Å²) in [6.45, 7) is 0.284. The second-order valence-corrected chi connectivity index (χ2v) is 3.86. The molecule has 0 saturated carbocycles. The van der Waals surface area contributed by atoms with Crippen LogP contribution in [0.1, 0.15) is 5.69 Å². The Kier molecular flexibility index (Phi) is 5.81. The number of aromatic amines is 1. The summed E-state index contributed by atoms with van der Waals surface area (Å²) in [7, 11) is 0. The number of carboxylic acid groups (broad SMARTS) is 1. The van der Waals surface area contributed by atoms with Crippen LogP contribution in [0.15, 0.2) is 12.5 Å². The van der Waals surface area contributed by atoms with Crippen LogP contribution in [-0.2, 0) is 11.2 Å². The minimum atomic E-state index is -1.16. The van der Waals surface area contributed by atoms with E-state index in [9.17, 15) is 14.4 Å². The Balaban J connectivity index is 2.35. The van der Waals surface area contributed by atoms with Crippen molar-refractivity contribution in [1.82, 2.24) is 25.9 Å². The monoisotopic (exact) mass is 284 g/mol. The quantitative estimate of drug-likeness (QED) is 0.331. The van der Waals surface area contributed by atoms with Gasteiger partial charge >= 0.3 is 18.0 Å². The van der Waals surface area contributed by atoms with E-state index in [-0.39, 0.29) is 19.5 Å². The number of nitrogens with one attached hydrogen (secondary N) is 4. The van der Waals surface area contributed by atoms with Crippen molar-refractivity contribution in [3.05, 3.63) is 18.2 Å². The van der Waals surface area contributed by atoms with Crippen molar-refractivity contribution in [2.24, 2.45) is 5.73 Å². The van der Waals surface area contributed by atoms with E-state index < -0.39 is 24.1 Å². The summed E-state index contributed by atoms with van der Waals surface area (Å²) in [6, 6.07) is -2.43. The molecule has 1 aromatic rings. The number of nitrogens with two attached hydrogens (primary N) is 1. The highest BCUT2D eigenvalue weighted by Crippen LogP contribution is 1.98. The fraction of sp³-hybridized carbons (Fsp3) is 0.400. The van der Waals surface area contributed by atoms with Crippen molar-refractivity contribution in [2.75, 3.05) is 13.1 Å². The van der Waals surface area contributed by atoms with Crippen molar-refractivity contribution in [3.8, 4) is 0 Å². The zero-order valence-electron chi connectivity index (χ0n) is 10.5. The second kappa shape index (κ2) is 7.61. The summed E-state index contributed by atoms with van der Waals surface area (Å²) in [5, 5.41) is 16.0. The van der Waals surface area contributed by atoms with E-state index in [1.165, 1.54) is 12.5 Å². The molecule has 0 unspecified atom stereocenters. The van der Waals surface area contributed by atoms with Gasteiger partial charge in [0.05, 0.1) is 6.33 Å². The third-order valence-electron chi connectivity index (χ3n) is 2.29. The SMILES string of the molecule is NC(=O)NCCNC(=O)N[C@H](Cc1cnc[nH]1)C(=O)O. The molecule has 0 aromatic carbocycles. The Morgan fingerprint density at radius 1 is 1.35 bits per heavy atom. The van der Waals surface area contributed by atoms with Gasteiger partial charge in [-0.2, -0.15) is 0 Å². The molecule has 0 radical (unpaired) electrons. The molecular formula is C10H16N6O4. The summed E-state index contributed by atoms with van der Waals surface area (Å²) >= 11 is 0. The molecule has 10 heteroatoms. The van der Waals surface area contributed by atoms with Gasteiger partial charge in [0.2, 0.25) is 0 Å². The molecule has 10 nitrogen and oxygen atoms in total. The maximum Gasteiger partial charge on any atom is 0.326 e. The number of imidazole rings is 1. The molecule has 1 aromatic heterocycles. The van der Waals surface area contributed by atoms with Gasteiger partial charge in [-0.05, 0) is 0 Å². The lowest BCUT2D eigenvalue weighted by Crippen LogP contribution is -2.48. The number of carboxylic acids is 1. The molecule has 20 heavy (non-hydrogen) atoms. The van der Waals surface area contributed by atoms with Crippen LogP contribution in [0.2, 0.25) is 0 Å². The average Bonchev–Trinajstić information content (AvgIpc) is 2.86. The van der Waals surface area contributed by atoms with Crippen LogP contribution in [-0.4, -0.2) is 52.2 Å². The van der Waals surface area contributed by atoms with E-state index in [4.69, 9.17) is 10.8 Å². The number of hydrogen-bond acceptors (Lipinski definition) is 4. The van der Waals surface area contributed by atoms with E-state index >= 15 is 0 Å². The van der Waals surface area contributed by atoms with Gasteiger partial charge in [0.1, 0.15) is 6.04 Å². The number of H-pyrrole nitrogens is 1. The second-order valence-electron chi connectivity index (χ2n) is 3.86. The minimum Gasteiger partial charge on any atom is -0.480 e. The summed E-state index contributed by atoms with van der Waals surface area (Å²) in [6.07, 6.45) is 2.98. The summed E-state index contributed by atoms with van der Waals surface area (Å²) in [5.74, 6) is -1.16. The number of amides is 4. The number of aliphatic carboxylic acids is 1. The Labute approximate surface area is 114 Å². The predicted octanol–water partition coefficient (Wildman–Crippen LogP) is -1.63. The van der Waals surface area contributed by atoms with E-state index in [2.05, 4.69) is 25.9 Å². The van der Waals surface area contributed by atoms with E-state index in [0.717, 1.165) is 0 Å². The van der Waals surface area contributed by atoms with Crippen LogP contribution >= 0.6 is 0 Å². The number of primary amides is 1. The van der Waals surface area contributed by atoms with Gasteiger partial charge in [-0.1, -0.05) is 0 Å². The van der Waals surface area contributed by atoms with E-state index in [0.29, 0.717) is 5.69 Å². The molecule has 1 atom stereocenters. The molecule has 1 rings (SSSR count). The molecule has 0 aliphatic carbocycles. The van der Waals surface area contributed by atoms with Gasteiger partial charge in [-0.3, -0.25) is 0 Å². The van der Waals surface area contributed by atoms with Crippen LogP contribution in [0.5, 0.6) is 0 Å². The van der Waals surface area contributed by atoms with Crippen LogP contribution in [0.3, 0.4) is 0 Å². The van der Waals surface area contributed by atoms with Crippen molar-refractivity contribution in [3.63, 3.8) is 0 Å². The first-order chi connectivity index (χ1) is 9.49. The maximum atomic E-state index is 11.5. The number of nitrogens with zero attached hydrogens (tertiary/aromatic N) is 1. The van der Waals surface area contributed by atoms with Gasteiger partial charge in [-0.25, -0.2) is 19.4 Å². The molecule has 0 aliphatic rings. The maximum absolute atomic E-state index is 11.5. The largest absolute Gasteiger partial charge is 0.480 e. The van der Waals surface area contributed by atoms with Crippen LogP contribution < -0.4 is 21.7 Å². The third-order valence-corrected chi connectivity index (χ3v) is 2.29. The lowest BCUT2D eigenvalue weighted by atomic mass is 10.2. The lowest BCUT2D eigenvalue weighted by Gasteiger charge is -2.14. The highest BCUT2D eigenvalue weighted by molar-refractivity contribution is 5.82. The highest BCUT2D eigenvalue weighted by atomic mass is 16.4. The molecule has 1 heterocycles. The standard InChI is InChI=1S/C10H16N6O4/c11-9(19)13-1-2-14-10(20)16-7(8(17)18)3-6-4-12-5-15-6/h4-5,7H,1-3H2,(H,12,15)(H,17,18)(H3,11,13,19)(H2,14,16,20)/t7-/m1/s1. The molecule has 110 valence electrons. The minimum absolute atomic E-state index is 0.0856. The van der Waals surface area contributed by atoms with E-state index in [1.54, 1.807) is 0 Å². The summed E-state index contributed by atoms with van der Waals surface area (Å²) < 4.78 is 0. The lowest BCUT2D eigenvalue weighted by molar-refractivity contribution is -0.139. The van der Waals surface area contributed by atoms with Gasteiger partial charge in [0.15, 0.2) is 0 Å². The first-order valence-corrected chi connectivity index (χ1v) is 5.76. The molecule has 0 aliphatic heterocycles. The zero-order valence-corrected chi connectivity index (χ0v) is 10.5. The van der Waals surface area contributed by atoms with Gasteiger partial charge < -0.3 is 31.8 Å². The molecule has 7 N–H and O–H groups in total. The normalized spacial score (nSPS) is 11.4. The Bertz CT molecular complexity index is 460. The predicted molar refractivity (Wildman–Crippen MR) is 67.8 cm³/mol. The molecular weight excluding hydrogens is 268 g/mol. The number of carbonyl (C=O) groups is 3. The number of aromatic nitrogens is 2.